The molecule has 0 radical (unpaired) electrons. The monoisotopic (exact) mass is 240 g/mol. The Morgan fingerprint density at radius 1 is 1.38 bits per heavy atom. The molecule has 3 N–H and O–H groups in total. The molecule has 0 saturated heterocycles. The first-order valence-electron chi connectivity index (χ1n) is 5.15. The molecule has 0 heterocycles. The Morgan fingerprint density at radius 3 is 2.44 bits per heavy atom. The van der Waals surface area contributed by atoms with Crippen molar-refractivity contribution in [2.45, 2.75) is 20.3 Å². The molecule has 0 aliphatic carbocycles. The van der Waals surface area contributed by atoms with Gasteiger partial charge in [0.1, 0.15) is 5.75 Å². The first kappa shape index (κ1) is 12.8. The first-order chi connectivity index (χ1) is 7.42. The SMILES string of the molecule is CC(C)(CCOc1ccc(Cl)cc1)C(=N)N. The van der Waals surface area contributed by atoms with Crippen LogP contribution in [0.4, 0.5) is 0 Å². The molecule has 0 bridgehead atoms. The molecule has 16 heavy (non-hydrogen) atoms. The van der Waals surface area contributed by atoms with Crippen LogP contribution < -0.4 is 10.5 Å². The molecule has 0 saturated carbocycles. The summed E-state index contributed by atoms with van der Waals surface area (Å²) in [7, 11) is 0. The van der Waals surface area contributed by atoms with Crippen molar-refractivity contribution in [3.63, 3.8) is 0 Å². The largest absolute Gasteiger partial charge is 0.494 e. The number of amidine groups is 1. The summed E-state index contributed by atoms with van der Waals surface area (Å²) >= 11 is 5.76. The Labute approximate surface area is 101 Å². The number of rotatable bonds is 5. The van der Waals surface area contributed by atoms with E-state index in [2.05, 4.69) is 0 Å². The van der Waals surface area contributed by atoms with E-state index in [0.717, 1.165) is 5.75 Å². The van der Waals surface area contributed by atoms with Gasteiger partial charge in [-0.3, -0.25) is 5.41 Å². The van der Waals surface area contributed by atoms with Crippen LogP contribution >= 0.6 is 11.6 Å². The smallest absolute Gasteiger partial charge is 0.119 e. The maximum absolute atomic E-state index is 7.41. The van der Waals surface area contributed by atoms with Crippen LogP contribution in [0.15, 0.2) is 24.3 Å². The maximum Gasteiger partial charge on any atom is 0.119 e. The molecular weight excluding hydrogens is 224 g/mol. The number of benzene rings is 1. The number of nitrogens with two attached hydrogens (primary N) is 1. The van der Waals surface area contributed by atoms with Crippen molar-refractivity contribution in [1.29, 1.82) is 5.41 Å². The molecule has 0 atom stereocenters. The lowest BCUT2D eigenvalue weighted by molar-refractivity contribution is 0.268. The molecule has 0 spiro atoms. The van der Waals surface area contributed by atoms with Crippen molar-refractivity contribution in [3.05, 3.63) is 29.3 Å². The van der Waals surface area contributed by atoms with Gasteiger partial charge in [0.05, 0.1) is 12.4 Å². The molecule has 4 heteroatoms. The second kappa shape index (κ2) is 5.21. The summed E-state index contributed by atoms with van der Waals surface area (Å²) in [6, 6.07) is 7.21. The van der Waals surface area contributed by atoms with Crippen molar-refractivity contribution in [2.24, 2.45) is 11.1 Å². The predicted octanol–water partition coefficient (Wildman–Crippen LogP) is 3.07. The van der Waals surface area contributed by atoms with Crippen LogP contribution in [-0.4, -0.2) is 12.4 Å². The molecule has 3 nitrogen and oxygen atoms in total. The molecular formula is C12H17ClN2O. The van der Waals surface area contributed by atoms with Crippen LogP contribution in [0.2, 0.25) is 5.02 Å². The van der Waals surface area contributed by atoms with Gasteiger partial charge in [0.25, 0.3) is 0 Å². The lowest BCUT2D eigenvalue weighted by atomic mass is 9.88. The summed E-state index contributed by atoms with van der Waals surface area (Å²) in [5.74, 6) is 0.968. The third-order valence-corrected chi connectivity index (χ3v) is 2.79. The summed E-state index contributed by atoms with van der Waals surface area (Å²) < 4.78 is 5.54. The number of hydrogen-bond donors (Lipinski definition) is 2. The van der Waals surface area contributed by atoms with Crippen molar-refractivity contribution < 1.29 is 4.74 Å². The summed E-state index contributed by atoms with van der Waals surface area (Å²) in [4.78, 5) is 0. The normalized spacial score (nSPS) is 11.2. The average Bonchev–Trinajstić information content (AvgIpc) is 2.20. The lowest BCUT2D eigenvalue weighted by Crippen LogP contribution is -2.32. The fraction of sp³-hybridized carbons (Fsp3) is 0.417. The van der Waals surface area contributed by atoms with Gasteiger partial charge in [-0.2, -0.15) is 0 Å². The molecule has 0 aliphatic rings. The second-order valence-corrected chi connectivity index (χ2v) is 4.79. The Balaban J connectivity index is 2.41. The fourth-order valence-electron chi connectivity index (χ4n) is 1.09. The Bertz CT molecular complexity index is 360. The van der Waals surface area contributed by atoms with Crippen LogP contribution in [0.5, 0.6) is 5.75 Å². The minimum Gasteiger partial charge on any atom is -0.494 e. The molecule has 0 amide bonds. The minimum atomic E-state index is -0.313. The highest BCUT2D eigenvalue weighted by molar-refractivity contribution is 6.30. The second-order valence-electron chi connectivity index (χ2n) is 4.35. The highest BCUT2D eigenvalue weighted by atomic mass is 35.5. The molecule has 0 unspecified atom stereocenters. The molecule has 0 fully saturated rings. The number of hydrogen-bond acceptors (Lipinski definition) is 2. The summed E-state index contributed by atoms with van der Waals surface area (Å²) in [6.07, 6.45) is 0.713. The minimum absolute atomic E-state index is 0.187. The van der Waals surface area contributed by atoms with Gasteiger partial charge in [0.2, 0.25) is 0 Å². The molecule has 1 rings (SSSR count). The van der Waals surface area contributed by atoms with Gasteiger partial charge in [-0.05, 0) is 30.7 Å². The Hall–Kier alpha value is -1.22. The van der Waals surface area contributed by atoms with E-state index >= 15 is 0 Å². The number of halogens is 1. The van der Waals surface area contributed by atoms with E-state index in [9.17, 15) is 0 Å². The van der Waals surface area contributed by atoms with Gasteiger partial charge >= 0.3 is 0 Å². The van der Waals surface area contributed by atoms with E-state index in [1.54, 1.807) is 12.1 Å². The highest BCUT2D eigenvalue weighted by Crippen LogP contribution is 2.21. The predicted molar refractivity (Wildman–Crippen MR) is 67.3 cm³/mol. The molecule has 0 aliphatic heterocycles. The fourth-order valence-corrected chi connectivity index (χ4v) is 1.22. The van der Waals surface area contributed by atoms with Gasteiger partial charge in [0, 0.05) is 10.4 Å². The third kappa shape index (κ3) is 3.74. The first-order valence-corrected chi connectivity index (χ1v) is 5.52. The summed E-state index contributed by atoms with van der Waals surface area (Å²) in [5, 5.41) is 8.10. The number of ether oxygens (including phenoxy) is 1. The highest BCUT2D eigenvalue weighted by Gasteiger charge is 2.21. The van der Waals surface area contributed by atoms with Crippen molar-refractivity contribution in [3.8, 4) is 5.75 Å². The average molecular weight is 241 g/mol. The summed E-state index contributed by atoms with van der Waals surface area (Å²) in [5.41, 5.74) is 5.17. The van der Waals surface area contributed by atoms with Crippen LogP contribution in [0.3, 0.4) is 0 Å². The topological polar surface area (TPSA) is 59.1 Å². The maximum atomic E-state index is 7.41. The van der Waals surface area contributed by atoms with E-state index in [4.69, 9.17) is 27.5 Å². The van der Waals surface area contributed by atoms with Gasteiger partial charge in [-0.1, -0.05) is 25.4 Å². The van der Waals surface area contributed by atoms with E-state index in [1.807, 2.05) is 26.0 Å². The number of nitrogens with one attached hydrogen (secondary N) is 1. The zero-order chi connectivity index (χ0) is 12.2. The Morgan fingerprint density at radius 2 is 1.94 bits per heavy atom. The van der Waals surface area contributed by atoms with Gasteiger partial charge in [-0.15, -0.1) is 0 Å². The third-order valence-electron chi connectivity index (χ3n) is 2.54. The van der Waals surface area contributed by atoms with E-state index in [0.29, 0.717) is 18.1 Å². The van der Waals surface area contributed by atoms with Crippen LogP contribution in [-0.2, 0) is 0 Å². The van der Waals surface area contributed by atoms with Gasteiger partial charge < -0.3 is 10.5 Å². The Kier molecular flexibility index (Phi) is 4.19. The van der Waals surface area contributed by atoms with Crippen molar-refractivity contribution in [1.82, 2.24) is 0 Å². The quantitative estimate of drug-likeness (QED) is 0.614. The van der Waals surface area contributed by atoms with Crippen LogP contribution in [0.25, 0.3) is 0 Å². The molecule has 88 valence electrons. The van der Waals surface area contributed by atoms with E-state index in [-0.39, 0.29) is 11.3 Å². The standard InChI is InChI=1S/C12H17ClN2O/c1-12(2,11(14)15)7-8-16-10-5-3-9(13)4-6-10/h3-6H,7-8H2,1-2H3,(H3,14,15). The zero-order valence-corrected chi connectivity index (χ0v) is 10.3. The van der Waals surface area contributed by atoms with Crippen LogP contribution in [0, 0.1) is 10.8 Å². The van der Waals surface area contributed by atoms with Crippen molar-refractivity contribution >= 4 is 17.4 Å². The zero-order valence-electron chi connectivity index (χ0n) is 9.59. The molecule has 1 aromatic carbocycles. The van der Waals surface area contributed by atoms with E-state index in [1.165, 1.54) is 0 Å². The van der Waals surface area contributed by atoms with Gasteiger partial charge in [-0.25, -0.2) is 0 Å². The lowest BCUT2D eigenvalue weighted by Gasteiger charge is -2.22. The molecule has 0 aromatic heterocycles. The van der Waals surface area contributed by atoms with Crippen LogP contribution in [0.1, 0.15) is 20.3 Å². The van der Waals surface area contributed by atoms with Gasteiger partial charge in [0.15, 0.2) is 0 Å². The molecule has 1 aromatic rings. The summed E-state index contributed by atoms with van der Waals surface area (Å²) in [6.45, 7) is 4.40. The van der Waals surface area contributed by atoms with E-state index < -0.39 is 0 Å². The van der Waals surface area contributed by atoms with Crippen molar-refractivity contribution in [2.75, 3.05) is 6.61 Å².